The van der Waals surface area contributed by atoms with Gasteiger partial charge in [-0.05, 0) is 31.9 Å². The molecule has 1 heterocycles. The van der Waals surface area contributed by atoms with Crippen molar-refractivity contribution in [2.24, 2.45) is 0 Å². The lowest BCUT2D eigenvalue weighted by molar-refractivity contribution is -0.121. The van der Waals surface area contributed by atoms with Crippen LogP contribution < -0.4 is 11.2 Å². The van der Waals surface area contributed by atoms with Gasteiger partial charge in [0, 0.05) is 11.6 Å². The highest BCUT2D eigenvalue weighted by Crippen LogP contribution is 2.25. The zero-order valence-corrected chi connectivity index (χ0v) is 14.9. The number of nitrogens with zero attached hydrogens (tertiary/aromatic N) is 3. The van der Waals surface area contributed by atoms with E-state index in [1.165, 1.54) is 47.8 Å². The molecule has 1 fully saturated rings. The third-order valence-electron chi connectivity index (χ3n) is 4.35. The molecule has 1 atom stereocenters. The number of nitrogen functional groups attached to an aromatic ring is 1. The summed E-state index contributed by atoms with van der Waals surface area (Å²) < 4.78 is 14.7. The number of hydrogen-bond donors (Lipinski definition) is 2. The Kier molecular flexibility index (Phi) is 5.57. The molecule has 1 aliphatic carbocycles. The summed E-state index contributed by atoms with van der Waals surface area (Å²) in [7, 11) is 0. The standard InChI is InChI=1S/C17H22FN5OS/c1-11(16(24)20-14-8-3-2-4-9-14)25-17-22-21-15(23(17)19)12-6-5-7-13(18)10-12/h5-7,10-11,14H,2-4,8-9,19H2,1H3,(H,20,24)/t11-/m0/s1. The second-order valence-corrected chi connectivity index (χ2v) is 7.60. The van der Waals surface area contributed by atoms with E-state index in [1.54, 1.807) is 12.1 Å². The molecule has 3 N–H and O–H groups in total. The van der Waals surface area contributed by atoms with Crippen molar-refractivity contribution < 1.29 is 9.18 Å². The van der Waals surface area contributed by atoms with Crippen molar-refractivity contribution in [2.75, 3.05) is 5.84 Å². The van der Waals surface area contributed by atoms with Crippen LogP contribution in [0.25, 0.3) is 11.4 Å². The van der Waals surface area contributed by atoms with E-state index in [0.717, 1.165) is 12.8 Å². The topological polar surface area (TPSA) is 85.8 Å². The second-order valence-electron chi connectivity index (χ2n) is 6.29. The van der Waals surface area contributed by atoms with Crippen LogP contribution in [0.15, 0.2) is 29.4 Å². The van der Waals surface area contributed by atoms with Gasteiger partial charge in [0.05, 0.1) is 5.25 Å². The van der Waals surface area contributed by atoms with E-state index >= 15 is 0 Å². The minimum Gasteiger partial charge on any atom is -0.352 e. The summed E-state index contributed by atoms with van der Waals surface area (Å²) >= 11 is 1.25. The number of thioether (sulfide) groups is 1. The first-order chi connectivity index (χ1) is 12.0. The molecule has 0 bridgehead atoms. The number of amides is 1. The van der Waals surface area contributed by atoms with Gasteiger partial charge in [-0.25, -0.2) is 9.07 Å². The number of hydrogen-bond acceptors (Lipinski definition) is 5. The predicted octanol–water partition coefficient (Wildman–Crippen LogP) is 2.73. The van der Waals surface area contributed by atoms with Crippen LogP contribution in [0.3, 0.4) is 0 Å². The number of benzene rings is 1. The lowest BCUT2D eigenvalue weighted by Crippen LogP contribution is -2.40. The molecule has 1 aromatic carbocycles. The molecule has 6 nitrogen and oxygen atoms in total. The van der Waals surface area contributed by atoms with Crippen LogP contribution in [0.1, 0.15) is 39.0 Å². The van der Waals surface area contributed by atoms with Crippen LogP contribution >= 0.6 is 11.8 Å². The van der Waals surface area contributed by atoms with Gasteiger partial charge in [-0.3, -0.25) is 4.79 Å². The normalized spacial score (nSPS) is 16.6. The maximum absolute atomic E-state index is 13.4. The van der Waals surface area contributed by atoms with Gasteiger partial charge >= 0.3 is 0 Å². The fourth-order valence-electron chi connectivity index (χ4n) is 2.96. The highest BCUT2D eigenvalue weighted by atomic mass is 32.2. The summed E-state index contributed by atoms with van der Waals surface area (Å²) in [6.45, 7) is 1.82. The minimum atomic E-state index is -0.366. The van der Waals surface area contributed by atoms with Gasteiger partial charge in [-0.2, -0.15) is 0 Å². The quantitative estimate of drug-likeness (QED) is 0.630. The molecule has 134 valence electrons. The summed E-state index contributed by atoms with van der Waals surface area (Å²) in [4.78, 5) is 12.4. The lowest BCUT2D eigenvalue weighted by Gasteiger charge is -2.24. The van der Waals surface area contributed by atoms with E-state index in [2.05, 4.69) is 15.5 Å². The van der Waals surface area contributed by atoms with Gasteiger partial charge in [0.1, 0.15) is 5.82 Å². The van der Waals surface area contributed by atoms with Crippen LogP contribution in [0, 0.1) is 5.82 Å². The lowest BCUT2D eigenvalue weighted by atomic mass is 9.95. The smallest absolute Gasteiger partial charge is 0.233 e. The summed E-state index contributed by atoms with van der Waals surface area (Å²) in [6, 6.07) is 6.27. The van der Waals surface area contributed by atoms with Crippen molar-refractivity contribution in [3.8, 4) is 11.4 Å². The number of halogens is 1. The summed E-state index contributed by atoms with van der Waals surface area (Å²) in [5.41, 5.74) is 0.543. The summed E-state index contributed by atoms with van der Waals surface area (Å²) in [5.74, 6) is 6.01. The Morgan fingerprint density at radius 3 is 2.84 bits per heavy atom. The number of aromatic nitrogens is 3. The van der Waals surface area contributed by atoms with Gasteiger partial charge in [0.25, 0.3) is 0 Å². The molecule has 1 amide bonds. The monoisotopic (exact) mass is 363 g/mol. The third kappa shape index (κ3) is 4.31. The highest BCUT2D eigenvalue weighted by molar-refractivity contribution is 8.00. The number of nitrogens with two attached hydrogens (primary N) is 1. The number of nitrogens with one attached hydrogen (secondary N) is 1. The molecule has 0 spiro atoms. The number of rotatable bonds is 5. The first-order valence-electron chi connectivity index (χ1n) is 8.48. The Bertz CT molecular complexity index is 744. The number of carbonyl (C=O) groups is 1. The summed E-state index contributed by atoms with van der Waals surface area (Å²) in [6.07, 6.45) is 5.66. The highest BCUT2D eigenvalue weighted by Gasteiger charge is 2.23. The van der Waals surface area contributed by atoms with Crippen LogP contribution in [-0.4, -0.2) is 32.1 Å². The molecule has 1 saturated carbocycles. The number of carbonyl (C=O) groups excluding carboxylic acids is 1. The Balaban J connectivity index is 1.65. The minimum absolute atomic E-state index is 0.0211. The van der Waals surface area contributed by atoms with Gasteiger partial charge < -0.3 is 11.2 Å². The maximum Gasteiger partial charge on any atom is 0.233 e. The van der Waals surface area contributed by atoms with E-state index in [0.29, 0.717) is 16.5 Å². The zero-order valence-electron chi connectivity index (χ0n) is 14.1. The fourth-order valence-corrected chi connectivity index (χ4v) is 3.74. The van der Waals surface area contributed by atoms with Gasteiger partial charge in [-0.1, -0.05) is 43.2 Å². The Hall–Kier alpha value is -2.09. The van der Waals surface area contributed by atoms with Crippen LogP contribution in [0.2, 0.25) is 0 Å². The zero-order chi connectivity index (χ0) is 17.8. The molecular weight excluding hydrogens is 341 g/mol. The maximum atomic E-state index is 13.4. The second kappa shape index (κ2) is 7.86. The van der Waals surface area contributed by atoms with E-state index in [4.69, 9.17) is 5.84 Å². The van der Waals surface area contributed by atoms with Gasteiger partial charge in [0.2, 0.25) is 11.1 Å². The third-order valence-corrected chi connectivity index (χ3v) is 5.41. The molecule has 25 heavy (non-hydrogen) atoms. The van der Waals surface area contributed by atoms with Gasteiger partial charge in [0.15, 0.2) is 5.82 Å². The Morgan fingerprint density at radius 1 is 1.36 bits per heavy atom. The van der Waals surface area contributed by atoms with Crippen LogP contribution in [0.5, 0.6) is 0 Å². The van der Waals surface area contributed by atoms with Crippen molar-refractivity contribution in [1.82, 2.24) is 20.2 Å². The van der Waals surface area contributed by atoms with Crippen molar-refractivity contribution in [1.29, 1.82) is 0 Å². The summed E-state index contributed by atoms with van der Waals surface area (Å²) in [5, 5.41) is 11.2. The van der Waals surface area contributed by atoms with E-state index < -0.39 is 0 Å². The SMILES string of the molecule is C[C@H](Sc1nnc(-c2cccc(F)c2)n1N)C(=O)NC1CCCCC1. The molecule has 2 aromatic rings. The van der Waals surface area contributed by atoms with E-state index in [1.807, 2.05) is 6.92 Å². The molecular formula is C17H22FN5OS. The first-order valence-corrected chi connectivity index (χ1v) is 9.36. The molecule has 1 aliphatic rings. The van der Waals surface area contributed by atoms with Crippen LogP contribution in [0.4, 0.5) is 4.39 Å². The average Bonchev–Trinajstić information content (AvgIpc) is 2.96. The molecule has 1 aromatic heterocycles. The molecule has 0 radical (unpaired) electrons. The first kappa shape index (κ1) is 17.7. The van der Waals surface area contributed by atoms with Crippen LogP contribution in [-0.2, 0) is 4.79 Å². The van der Waals surface area contributed by atoms with Crippen molar-refractivity contribution in [2.45, 2.75) is 55.5 Å². The van der Waals surface area contributed by atoms with E-state index in [9.17, 15) is 9.18 Å². The molecule has 8 heteroatoms. The Morgan fingerprint density at radius 2 is 2.12 bits per heavy atom. The van der Waals surface area contributed by atoms with E-state index in [-0.39, 0.29) is 23.0 Å². The fraction of sp³-hybridized carbons (Fsp3) is 0.471. The molecule has 0 aliphatic heterocycles. The van der Waals surface area contributed by atoms with Crippen molar-refractivity contribution in [3.63, 3.8) is 0 Å². The molecule has 0 unspecified atom stereocenters. The average molecular weight is 363 g/mol. The van der Waals surface area contributed by atoms with Crippen molar-refractivity contribution in [3.05, 3.63) is 30.1 Å². The predicted molar refractivity (Wildman–Crippen MR) is 95.9 cm³/mol. The molecule has 3 rings (SSSR count). The largest absolute Gasteiger partial charge is 0.352 e. The Labute approximate surface area is 150 Å². The molecule has 0 saturated heterocycles. The van der Waals surface area contributed by atoms with Gasteiger partial charge in [-0.15, -0.1) is 10.2 Å². The van der Waals surface area contributed by atoms with Crippen molar-refractivity contribution >= 4 is 17.7 Å².